The fraction of sp³-hybridized carbons (Fsp3) is 0.500. The Bertz CT molecular complexity index is 334. The molecule has 1 aromatic rings. The van der Waals surface area contributed by atoms with E-state index in [1.807, 2.05) is 24.8 Å². The second-order valence-corrected chi connectivity index (χ2v) is 5.21. The van der Waals surface area contributed by atoms with Crippen molar-refractivity contribution in [2.75, 3.05) is 16.8 Å². The summed E-state index contributed by atoms with van der Waals surface area (Å²) in [5.41, 5.74) is 2.07. The predicted octanol–water partition coefficient (Wildman–Crippen LogP) is 3.44. The van der Waals surface area contributed by atoms with Crippen LogP contribution < -0.4 is 5.32 Å². The van der Waals surface area contributed by atoms with Crippen LogP contribution in [0.2, 0.25) is 0 Å². The van der Waals surface area contributed by atoms with Crippen molar-refractivity contribution in [1.82, 2.24) is 0 Å². The van der Waals surface area contributed by atoms with E-state index in [9.17, 15) is 4.39 Å². The van der Waals surface area contributed by atoms with Crippen molar-refractivity contribution in [2.45, 2.75) is 25.8 Å². The van der Waals surface area contributed by atoms with Crippen molar-refractivity contribution in [3.8, 4) is 0 Å². The van der Waals surface area contributed by atoms with Gasteiger partial charge in [-0.1, -0.05) is 6.07 Å². The number of thioether (sulfide) groups is 1. The molecule has 3 heteroatoms. The predicted molar refractivity (Wildman–Crippen MR) is 65.1 cm³/mol. The van der Waals surface area contributed by atoms with E-state index < -0.39 is 0 Å². The average molecular weight is 225 g/mol. The van der Waals surface area contributed by atoms with Crippen molar-refractivity contribution in [3.63, 3.8) is 0 Å². The van der Waals surface area contributed by atoms with Gasteiger partial charge in [-0.05, 0) is 49.0 Å². The van der Waals surface area contributed by atoms with Crippen LogP contribution in [-0.4, -0.2) is 17.5 Å². The number of hydrogen-bond donors (Lipinski definition) is 1. The van der Waals surface area contributed by atoms with E-state index in [-0.39, 0.29) is 5.82 Å². The molecule has 0 atom stereocenters. The lowest BCUT2D eigenvalue weighted by molar-refractivity contribution is 0.625. The van der Waals surface area contributed by atoms with Crippen molar-refractivity contribution >= 4 is 17.4 Å². The van der Waals surface area contributed by atoms with Gasteiger partial charge in [0.25, 0.3) is 0 Å². The Labute approximate surface area is 94.5 Å². The normalized spacial score (nSPS) is 17.7. The van der Waals surface area contributed by atoms with Crippen molar-refractivity contribution in [1.29, 1.82) is 0 Å². The Morgan fingerprint density at radius 2 is 2.07 bits per heavy atom. The monoisotopic (exact) mass is 225 g/mol. The molecule has 0 spiro atoms. The van der Waals surface area contributed by atoms with Gasteiger partial charge in [0.2, 0.25) is 0 Å². The zero-order valence-corrected chi connectivity index (χ0v) is 9.74. The molecular weight excluding hydrogens is 209 g/mol. The number of anilines is 1. The molecule has 0 amide bonds. The van der Waals surface area contributed by atoms with Crippen molar-refractivity contribution < 1.29 is 4.39 Å². The fourth-order valence-corrected chi connectivity index (χ4v) is 2.92. The molecule has 1 saturated heterocycles. The minimum absolute atomic E-state index is 0.159. The Hall–Kier alpha value is -0.700. The van der Waals surface area contributed by atoms with Crippen LogP contribution in [-0.2, 0) is 0 Å². The largest absolute Gasteiger partial charge is 0.382 e. The Morgan fingerprint density at radius 1 is 1.33 bits per heavy atom. The van der Waals surface area contributed by atoms with Crippen LogP contribution in [0.3, 0.4) is 0 Å². The minimum Gasteiger partial charge on any atom is -0.382 e. The van der Waals surface area contributed by atoms with Gasteiger partial charge in [0.15, 0.2) is 0 Å². The van der Waals surface area contributed by atoms with Gasteiger partial charge in [0, 0.05) is 11.7 Å². The molecule has 1 N–H and O–H groups in total. The summed E-state index contributed by atoms with van der Waals surface area (Å²) in [4.78, 5) is 0. The highest BCUT2D eigenvalue weighted by atomic mass is 32.2. The van der Waals surface area contributed by atoms with E-state index in [1.54, 1.807) is 6.07 Å². The van der Waals surface area contributed by atoms with Gasteiger partial charge in [-0.15, -0.1) is 0 Å². The maximum atomic E-state index is 13.1. The second-order valence-electron chi connectivity index (χ2n) is 3.99. The number of rotatable bonds is 2. The molecule has 0 aromatic heterocycles. The first-order valence-corrected chi connectivity index (χ1v) is 6.51. The van der Waals surface area contributed by atoms with E-state index >= 15 is 0 Å². The van der Waals surface area contributed by atoms with Gasteiger partial charge in [-0.3, -0.25) is 0 Å². The number of halogens is 1. The maximum absolute atomic E-state index is 13.1. The molecule has 82 valence electrons. The smallest absolute Gasteiger partial charge is 0.125 e. The van der Waals surface area contributed by atoms with Crippen LogP contribution in [0.5, 0.6) is 0 Å². The molecule has 1 heterocycles. The lowest BCUT2D eigenvalue weighted by Crippen LogP contribution is -2.24. The quantitative estimate of drug-likeness (QED) is 0.827. The SMILES string of the molecule is Cc1ccc(F)cc1NC1CCSCC1. The average Bonchev–Trinajstić information content (AvgIpc) is 2.25. The number of hydrogen-bond acceptors (Lipinski definition) is 2. The van der Waals surface area contributed by atoms with E-state index in [2.05, 4.69) is 5.32 Å². The molecule has 1 nitrogen and oxygen atoms in total. The highest BCUT2D eigenvalue weighted by molar-refractivity contribution is 7.99. The summed E-state index contributed by atoms with van der Waals surface area (Å²) < 4.78 is 13.1. The zero-order valence-electron chi connectivity index (χ0n) is 8.92. The standard InChI is InChI=1S/C12H16FNS/c1-9-2-3-10(13)8-12(9)14-11-4-6-15-7-5-11/h2-3,8,11,14H,4-7H2,1H3. The first-order valence-electron chi connectivity index (χ1n) is 5.36. The molecule has 0 saturated carbocycles. The third-order valence-corrected chi connectivity index (χ3v) is 3.83. The lowest BCUT2D eigenvalue weighted by atomic mass is 10.1. The molecule has 1 fully saturated rings. The highest BCUT2D eigenvalue weighted by Crippen LogP contribution is 2.23. The highest BCUT2D eigenvalue weighted by Gasteiger charge is 2.14. The molecule has 1 aromatic carbocycles. The van der Waals surface area contributed by atoms with Crippen LogP contribution in [0.4, 0.5) is 10.1 Å². The van der Waals surface area contributed by atoms with Gasteiger partial charge >= 0.3 is 0 Å². The molecule has 1 aliphatic heterocycles. The molecule has 0 bridgehead atoms. The van der Waals surface area contributed by atoms with Crippen molar-refractivity contribution in [3.05, 3.63) is 29.6 Å². The van der Waals surface area contributed by atoms with Crippen LogP contribution in [0.1, 0.15) is 18.4 Å². The van der Waals surface area contributed by atoms with E-state index in [0.29, 0.717) is 6.04 Å². The zero-order chi connectivity index (χ0) is 10.7. The summed E-state index contributed by atoms with van der Waals surface area (Å²) in [6.07, 6.45) is 2.36. The van der Waals surface area contributed by atoms with Gasteiger partial charge < -0.3 is 5.32 Å². The van der Waals surface area contributed by atoms with Crippen molar-refractivity contribution in [2.24, 2.45) is 0 Å². The van der Waals surface area contributed by atoms with Gasteiger partial charge in [0.1, 0.15) is 5.82 Å². The minimum atomic E-state index is -0.159. The van der Waals surface area contributed by atoms with Crippen LogP contribution in [0, 0.1) is 12.7 Å². The number of aryl methyl sites for hydroxylation is 1. The van der Waals surface area contributed by atoms with E-state index in [4.69, 9.17) is 0 Å². The van der Waals surface area contributed by atoms with Crippen LogP contribution >= 0.6 is 11.8 Å². The molecule has 0 unspecified atom stereocenters. The lowest BCUT2D eigenvalue weighted by Gasteiger charge is -2.24. The second kappa shape index (κ2) is 4.88. The number of benzene rings is 1. The summed E-state index contributed by atoms with van der Waals surface area (Å²) in [7, 11) is 0. The first kappa shape index (κ1) is 10.8. The van der Waals surface area contributed by atoms with Gasteiger partial charge in [0.05, 0.1) is 0 Å². The Morgan fingerprint density at radius 3 is 2.80 bits per heavy atom. The molecule has 15 heavy (non-hydrogen) atoms. The van der Waals surface area contributed by atoms with Crippen LogP contribution in [0.15, 0.2) is 18.2 Å². The summed E-state index contributed by atoms with van der Waals surface area (Å²) in [6.45, 7) is 2.01. The Kier molecular flexibility index (Phi) is 3.52. The third kappa shape index (κ3) is 2.88. The summed E-state index contributed by atoms with van der Waals surface area (Å²) in [5, 5.41) is 3.44. The van der Waals surface area contributed by atoms with E-state index in [0.717, 1.165) is 11.3 Å². The Balaban J connectivity index is 2.05. The van der Waals surface area contributed by atoms with Gasteiger partial charge in [-0.25, -0.2) is 4.39 Å². The first-order chi connectivity index (χ1) is 7.25. The van der Waals surface area contributed by atoms with E-state index in [1.165, 1.54) is 30.4 Å². The fourth-order valence-electron chi connectivity index (χ4n) is 1.81. The topological polar surface area (TPSA) is 12.0 Å². The van der Waals surface area contributed by atoms with Gasteiger partial charge in [-0.2, -0.15) is 11.8 Å². The third-order valence-electron chi connectivity index (χ3n) is 2.78. The summed E-state index contributed by atoms with van der Waals surface area (Å²) in [5.74, 6) is 2.27. The molecular formula is C12H16FNS. The molecule has 0 radical (unpaired) electrons. The summed E-state index contributed by atoms with van der Waals surface area (Å²) in [6, 6.07) is 5.45. The number of nitrogens with one attached hydrogen (secondary N) is 1. The maximum Gasteiger partial charge on any atom is 0.125 e. The summed E-state index contributed by atoms with van der Waals surface area (Å²) >= 11 is 2.00. The molecule has 1 aliphatic rings. The molecule has 2 rings (SSSR count). The molecule has 0 aliphatic carbocycles. The van der Waals surface area contributed by atoms with Crippen LogP contribution in [0.25, 0.3) is 0 Å².